The Bertz CT molecular complexity index is 493. The summed E-state index contributed by atoms with van der Waals surface area (Å²) in [6.45, 7) is 7.87. The molecule has 0 saturated carbocycles. The minimum absolute atomic E-state index is 0.0490. The molecule has 4 nitrogen and oxygen atoms in total. The molecule has 0 spiro atoms. The first kappa shape index (κ1) is 16.7. The summed E-state index contributed by atoms with van der Waals surface area (Å²) in [5.41, 5.74) is 2.19. The number of halogens is 1. The summed E-state index contributed by atoms with van der Waals surface area (Å²) in [6.07, 6.45) is -0.143. The van der Waals surface area contributed by atoms with Crippen molar-refractivity contribution >= 4 is 21.6 Å². The third kappa shape index (κ3) is 3.97. The van der Waals surface area contributed by atoms with Crippen LogP contribution in [-0.4, -0.2) is 43.6 Å². The largest absolute Gasteiger partial charge is 0.394 e. The molecule has 0 radical (unpaired) electrons. The summed E-state index contributed by atoms with van der Waals surface area (Å²) in [4.78, 5) is 2.32. The molecule has 1 saturated heterocycles. The van der Waals surface area contributed by atoms with E-state index in [1.54, 1.807) is 0 Å². The van der Waals surface area contributed by atoms with Crippen molar-refractivity contribution in [3.63, 3.8) is 0 Å². The van der Waals surface area contributed by atoms with Gasteiger partial charge in [-0.2, -0.15) is 0 Å². The smallest absolute Gasteiger partial charge is 0.0988 e. The molecule has 2 N–H and O–H groups in total. The number of ether oxygens (including phenoxy) is 1. The molecule has 1 aromatic carbocycles. The molecule has 0 aliphatic carbocycles. The molecule has 2 rings (SSSR count). The minimum Gasteiger partial charge on any atom is -0.394 e. The maximum absolute atomic E-state index is 9.49. The van der Waals surface area contributed by atoms with Crippen molar-refractivity contribution < 1.29 is 9.84 Å². The fraction of sp³-hybridized carbons (Fsp3) is 0.625. The second-order valence-electron chi connectivity index (χ2n) is 6.28. The highest BCUT2D eigenvalue weighted by molar-refractivity contribution is 9.10. The van der Waals surface area contributed by atoms with Gasteiger partial charge in [-0.1, -0.05) is 15.9 Å². The number of hydrogen-bond donors (Lipinski definition) is 2. The Hall–Kier alpha value is -0.620. The van der Waals surface area contributed by atoms with E-state index < -0.39 is 0 Å². The predicted octanol–water partition coefficient (Wildman–Crippen LogP) is 2.71. The van der Waals surface area contributed by atoms with Crippen LogP contribution in [0.2, 0.25) is 0 Å². The van der Waals surface area contributed by atoms with Gasteiger partial charge in [-0.3, -0.25) is 0 Å². The van der Waals surface area contributed by atoms with Gasteiger partial charge in [-0.15, -0.1) is 0 Å². The molecule has 2 unspecified atom stereocenters. The summed E-state index contributed by atoms with van der Waals surface area (Å²) in [7, 11) is 1.97. The number of aliphatic hydroxyl groups excluding tert-OH is 1. The second-order valence-corrected chi connectivity index (χ2v) is 7.19. The molecule has 1 aromatic rings. The lowest BCUT2D eigenvalue weighted by molar-refractivity contribution is -0.101. The molecule has 0 bridgehead atoms. The summed E-state index contributed by atoms with van der Waals surface area (Å²) in [6, 6.07) is 6.63. The fourth-order valence-corrected chi connectivity index (χ4v) is 3.27. The van der Waals surface area contributed by atoms with Crippen molar-refractivity contribution in [1.29, 1.82) is 0 Å². The molecule has 0 aromatic heterocycles. The van der Waals surface area contributed by atoms with Crippen LogP contribution in [0, 0.1) is 0 Å². The van der Waals surface area contributed by atoms with Gasteiger partial charge < -0.3 is 20.1 Å². The first-order valence-corrected chi connectivity index (χ1v) is 8.16. The van der Waals surface area contributed by atoms with Gasteiger partial charge in [0.25, 0.3) is 0 Å². The van der Waals surface area contributed by atoms with Crippen molar-refractivity contribution in [2.24, 2.45) is 0 Å². The number of rotatable bonds is 4. The molecule has 21 heavy (non-hydrogen) atoms. The van der Waals surface area contributed by atoms with Gasteiger partial charge in [0.1, 0.15) is 0 Å². The van der Waals surface area contributed by atoms with Crippen molar-refractivity contribution in [3.8, 4) is 0 Å². The Labute approximate surface area is 135 Å². The quantitative estimate of drug-likeness (QED) is 0.870. The van der Waals surface area contributed by atoms with E-state index >= 15 is 0 Å². The highest BCUT2D eigenvalue weighted by Crippen LogP contribution is 2.33. The van der Waals surface area contributed by atoms with Crippen LogP contribution in [0.3, 0.4) is 0 Å². The zero-order valence-electron chi connectivity index (χ0n) is 13.2. The summed E-state index contributed by atoms with van der Waals surface area (Å²) in [5, 5.41) is 12.8. The Morgan fingerprint density at radius 2 is 2.24 bits per heavy atom. The lowest BCUT2D eigenvalue weighted by atomic mass is 10.0. The lowest BCUT2D eigenvalue weighted by Crippen LogP contribution is -2.54. The Morgan fingerprint density at radius 1 is 1.52 bits per heavy atom. The Kier molecular flexibility index (Phi) is 5.30. The van der Waals surface area contributed by atoms with E-state index in [-0.39, 0.29) is 24.4 Å². The Morgan fingerprint density at radius 3 is 2.86 bits per heavy atom. The van der Waals surface area contributed by atoms with E-state index in [0.717, 1.165) is 11.0 Å². The number of benzene rings is 1. The number of nitrogens with one attached hydrogen (secondary N) is 1. The van der Waals surface area contributed by atoms with Crippen LogP contribution in [-0.2, 0) is 4.74 Å². The average molecular weight is 357 g/mol. The topological polar surface area (TPSA) is 44.7 Å². The van der Waals surface area contributed by atoms with Crippen LogP contribution < -0.4 is 10.2 Å². The van der Waals surface area contributed by atoms with Crippen LogP contribution in [0.15, 0.2) is 22.7 Å². The molecule has 1 heterocycles. The lowest BCUT2D eigenvalue weighted by Gasteiger charge is -2.44. The van der Waals surface area contributed by atoms with E-state index in [1.807, 2.05) is 7.05 Å². The van der Waals surface area contributed by atoms with Gasteiger partial charge in [-0.05, 0) is 51.6 Å². The number of aliphatic hydroxyl groups is 1. The average Bonchev–Trinajstić information content (AvgIpc) is 2.44. The first-order chi connectivity index (χ1) is 9.86. The molecular formula is C16H25BrN2O2. The molecule has 0 amide bonds. The normalized spacial score (nSPS) is 23.1. The van der Waals surface area contributed by atoms with E-state index in [9.17, 15) is 5.11 Å². The molecular weight excluding hydrogens is 332 g/mol. The van der Waals surface area contributed by atoms with Gasteiger partial charge in [-0.25, -0.2) is 0 Å². The van der Waals surface area contributed by atoms with Crippen molar-refractivity contribution in [2.75, 3.05) is 31.6 Å². The number of hydrogen-bond acceptors (Lipinski definition) is 4. The van der Waals surface area contributed by atoms with Crippen molar-refractivity contribution in [2.45, 2.75) is 38.5 Å². The highest BCUT2D eigenvalue weighted by Gasteiger charge is 2.34. The molecule has 118 valence electrons. The number of anilines is 1. The SMILES string of the molecule is CNC(C)c1cc(Br)ccc1N1CC(CO)OC(C)(C)C1. The van der Waals surface area contributed by atoms with Crippen LogP contribution >= 0.6 is 15.9 Å². The summed E-state index contributed by atoms with van der Waals surface area (Å²) < 4.78 is 6.99. The minimum atomic E-state index is -0.265. The zero-order valence-corrected chi connectivity index (χ0v) is 14.8. The van der Waals surface area contributed by atoms with Crippen LogP contribution in [0.4, 0.5) is 5.69 Å². The fourth-order valence-electron chi connectivity index (χ4n) is 2.89. The Balaban J connectivity index is 2.36. The maximum atomic E-state index is 9.49. The van der Waals surface area contributed by atoms with E-state index in [2.05, 4.69) is 65.1 Å². The first-order valence-electron chi connectivity index (χ1n) is 7.36. The summed E-state index contributed by atoms with van der Waals surface area (Å²) in [5.74, 6) is 0. The van der Waals surface area contributed by atoms with Gasteiger partial charge >= 0.3 is 0 Å². The standard InChI is InChI=1S/C16H25BrN2O2/c1-11(18-4)14-7-12(17)5-6-15(14)19-8-13(9-20)21-16(2,3)10-19/h5-7,11,13,18,20H,8-10H2,1-4H3. The third-order valence-electron chi connectivity index (χ3n) is 3.91. The predicted molar refractivity (Wildman–Crippen MR) is 89.9 cm³/mol. The molecule has 1 aliphatic heterocycles. The van der Waals surface area contributed by atoms with Gasteiger partial charge in [0.15, 0.2) is 0 Å². The molecule has 2 atom stereocenters. The highest BCUT2D eigenvalue weighted by atomic mass is 79.9. The van der Waals surface area contributed by atoms with E-state index in [0.29, 0.717) is 6.54 Å². The third-order valence-corrected chi connectivity index (χ3v) is 4.41. The van der Waals surface area contributed by atoms with Crippen LogP contribution in [0.1, 0.15) is 32.4 Å². The molecule has 1 fully saturated rings. The molecule has 5 heteroatoms. The van der Waals surface area contributed by atoms with Crippen molar-refractivity contribution in [1.82, 2.24) is 5.32 Å². The number of morpholine rings is 1. The van der Waals surface area contributed by atoms with Crippen LogP contribution in [0.25, 0.3) is 0 Å². The zero-order chi connectivity index (χ0) is 15.6. The summed E-state index contributed by atoms with van der Waals surface area (Å²) >= 11 is 3.55. The molecule has 1 aliphatic rings. The van der Waals surface area contributed by atoms with E-state index in [4.69, 9.17) is 4.74 Å². The van der Waals surface area contributed by atoms with Gasteiger partial charge in [0.2, 0.25) is 0 Å². The van der Waals surface area contributed by atoms with Gasteiger partial charge in [0, 0.05) is 29.3 Å². The van der Waals surface area contributed by atoms with Crippen LogP contribution in [0.5, 0.6) is 0 Å². The maximum Gasteiger partial charge on any atom is 0.0988 e. The monoisotopic (exact) mass is 356 g/mol. The second kappa shape index (κ2) is 6.65. The van der Waals surface area contributed by atoms with E-state index in [1.165, 1.54) is 11.3 Å². The number of nitrogens with zero attached hydrogens (tertiary/aromatic N) is 1. The van der Waals surface area contributed by atoms with Gasteiger partial charge in [0.05, 0.1) is 18.3 Å². The van der Waals surface area contributed by atoms with Crippen molar-refractivity contribution in [3.05, 3.63) is 28.2 Å².